The monoisotopic (exact) mass is 373 g/mol. The zero-order valence-corrected chi connectivity index (χ0v) is 16.4. The summed E-state index contributed by atoms with van der Waals surface area (Å²) in [4.78, 5) is 18.1. The van der Waals surface area contributed by atoms with Gasteiger partial charge in [-0.15, -0.1) is 0 Å². The van der Waals surface area contributed by atoms with Crippen LogP contribution in [0.2, 0.25) is 0 Å². The van der Waals surface area contributed by atoms with Gasteiger partial charge in [0.25, 0.3) is 0 Å². The number of rotatable bonds is 5. The Kier molecular flexibility index (Phi) is 5.29. The molecule has 0 radical (unpaired) electrons. The first-order valence-corrected chi connectivity index (χ1v) is 10.1. The maximum Gasteiger partial charge on any atom is 0.231 e. The minimum absolute atomic E-state index is 0.115. The molecule has 2 N–H and O–H groups in total. The van der Waals surface area contributed by atoms with Crippen molar-refractivity contribution in [1.82, 2.24) is 4.98 Å². The number of aromatic nitrogens is 1. The third-order valence-corrected chi connectivity index (χ3v) is 5.95. The van der Waals surface area contributed by atoms with Crippen LogP contribution in [0.4, 0.5) is 11.4 Å². The van der Waals surface area contributed by atoms with E-state index in [9.17, 15) is 4.79 Å². The molecule has 1 fully saturated rings. The molecule has 0 spiro atoms. The summed E-state index contributed by atoms with van der Waals surface area (Å²) in [7, 11) is 1.89. The van der Waals surface area contributed by atoms with E-state index in [1.54, 1.807) is 6.20 Å². The fourth-order valence-electron chi connectivity index (χ4n) is 4.46. The van der Waals surface area contributed by atoms with Gasteiger partial charge in [-0.05, 0) is 30.9 Å². The number of carbonyl (C=O) groups excluding carboxylic acids is 1. The lowest BCUT2D eigenvalue weighted by molar-refractivity contribution is -0.127. The van der Waals surface area contributed by atoms with Crippen LogP contribution in [0.15, 0.2) is 60.8 Å². The molecule has 0 atom stereocenters. The molecular weight excluding hydrogens is 346 g/mol. The second kappa shape index (κ2) is 8.01. The molecule has 0 unspecified atom stereocenters. The van der Waals surface area contributed by atoms with Crippen LogP contribution in [0, 0.1) is 5.41 Å². The third kappa shape index (κ3) is 3.59. The van der Waals surface area contributed by atoms with Crippen molar-refractivity contribution in [3.63, 3.8) is 0 Å². The average Bonchev–Trinajstić information content (AvgIpc) is 2.75. The van der Waals surface area contributed by atoms with Gasteiger partial charge in [0.2, 0.25) is 5.91 Å². The zero-order chi connectivity index (χ0) is 19.4. The maximum absolute atomic E-state index is 13.5. The molecule has 144 valence electrons. The van der Waals surface area contributed by atoms with E-state index in [0.29, 0.717) is 0 Å². The molecule has 1 aliphatic rings. The Morgan fingerprint density at radius 1 is 1.00 bits per heavy atom. The molecule has 4 rings (SSSR count). The van der Waals surface area contributed by atoms with Gasteiger partial charge in [-0.25, -0.2) is 0 Å². The molecule has 0 bridgehead atoms. The summed E-state index contributed by atoms with van der Waals surface area (Å²) in [5, 5.41) is 7.49. The third-order valence-electron chi connectivity index (χ3n) is 5.95. The number of carbonyl (C=O) groups is 1. The summed E-state index contributed by atoms with van der Waals surface area (Å²) in [6, 6.07) is 18.4. The van der Waals surface area contributed by atoms with E-state index in [4.69, 9.17) is 0 Å². The molecular formula is C24H27N3O. The van der Waals surface area contributed by atoms with E-state index in [2.05, 4.69) is 39.9 Å². The second-order valence-corrected chi connectivity index (χ2v) is 7.77. The van der Waals surface area contributed by atoms with Crippen LogP contribution in [0.5, 0.6) is 0 Å². The molecule has 1 aliphatic carbocycles. The summed E-state index contributed by atoms with van der Waals surface area (Å²) in [6.07, 6.45) is 7.85. The quantitative estimate of drug-likeness (QED) is 0.629. The van der Waals surface area contributed by atoms with Crippen LogP contribution in [0.1, 0.15) is 37.7 Å². The van der Waals surface area contributed by atoms with Crippen molar-refractivity contribution in [3.8, 4) is 0 Å². The molecule has 1 saturated carbocycles. The van der Waals surface area contributed by atoms with Gasteiger partial charge in [0, 0.05) is 12.4 Å². The number of pyridine rings is 1. The Morgan fingerprint density at radius 2 is 1.71 bits per heavy atom. The summed E-state index contributed by atoms with van der Waals surface area (Å²) in [5.41, 5.74) is 3.47. The lowest BCUT2D eigenvalue weighted by atomic mass is 9.69. The SMILES string of the molecule is CNc1c(NC(=O)C2(Cc3ccccc3)CCCCC2)cnc2ccccc12. The fourth-order valence-corrected chi connectivity index (χ4v) is 4.46. The first-order valence-electron chi connectivity index (χ1n) is 10.1. The van der Waals surface area contributed by atoms with Gasteiger partial charge in [-0.2, -0.15) is 0 Å². The molecule has 2 aromatic carbocycles. The Hall–Kier alpha value is -2.88. The van der Waals surface area contributed by atoms with Crippen LogP contribution in [-0.4, -0.2) is 17.9 Å². The summed E-state index contributed by atoms with van der Waals surface area (Å²) >= 11 is 0. The maximum atomic E-state index is 13.5. The molecule has 3 aromatic rings. The summed E-state index contributed by atoms with van der Waals surface area (Å²) in [5.74, 6) is 0.115. The highest BCUT2D eigenvalue weighted by molar-refractivity contribution is 6.04. The lowest BCUT2D eigenvalue weighted by Crippen LogP contribution is -2.40. The number of benzene rings is 2. The van der Waals surface area contributed by atoms with Crippen LogP contribution in [-0.2, 0) is 11.2 Å². The highest BCUT2D eigenvalue weighted by Gasteiger charge is 2.39. The number of hydrogen-bond acceptors (Lipinski definition) is 3. The van der Waals surface area contributed by atoms with Gasteiger partial charge < -0.3 is 10.6 Å². The first kappa shape index (κ1) is 18.5. The minimum atomic E-state index is -0.351. The van der Waals surface area contributed by atoms with Crippen molar-refractivity contribution < 1.29 is 4.79 Å². The molecule has 0 aliphatic heterocycles. The van der Waals surface area contributed by atoms with Gasteiger partial charge in [0.15, 0.2) is 0 Å². The van der Waals surface area contributed by atoms with Gasteiger partial charge >= 0.3 is 0 Å². The van der Waals surface area contributed by atoms with E-state index >= 15 is 0 Å². The topological polar surface area (TPSA) is 54.0 Å². The van der Waals surface area contributed by atoms with Gasteiger partial charge in [0.1, 0.15) is 0 Å². The Balaban J connectivity index is 1.66. The normalized spacial score (nSPS) is 15.9. The van der Waals surface area contributed by atoms with Crippen molar-refractivity contribution in [2.75, 3.05) is 17.7 Å². The van der Waals surface area contributed by atoms with Crippen molar-refractivity contribution in [2.45, 2.75) is 38.5 Å². The van der Waals surface area contributed by atoms with E-state index < -0.39 is 0 Å². The average molecular weight is 374 g/mol. The summed E-state index contributed by atoms with van der Waals surface area (Å²) < 4.78 is 0. The second-order valence-electron chi connectivity index (χ2n) is 7.77. The van der Waals surface area contributed by atoms with Crippen molar-refractivity contribution >= 4 is 28.2 Å². The summed E-state index contributed by atoms with van der Waals surface area (Å²) in [6.45, 7) is 0. The van der Waals surface area contributed by atoms with Gasteiger partial charge in [-0.3, -0.25) is 9.78 Å². The van der Waals surface area contributed by atoms with Crippen LogP contribution in [0.25, 0.3) is 10.9 Å². The molecule has 1 heterocycles. The Labute approximate surface area is 166 Å². The molecule has 1 amide bonds. The van der Waals surface area contributed by atoms with Crippen LogP contribution >= 0.6 is 0 Å². The number of fused-ring (bicyclic) bond motifs is 1. The number of hydrogen-bond donors (Lipinski definition) is 2. The standard InChI is InChI=1S/C24H27N3O/c1-25-22-19-12-6-7-13-20(19)26-17-21(22)27-23(28)24(14-8-3-9-15-24)16-18-10-4-2-5-11-18/h2,4-7,10-13,17H,3,8-9,14-16H2,1H3,(H,25,26)(H,27,28). The first-order chi connectivity index (χ1) is 13.7. The van der Waals surface area contributed by atoms with Gasteiger partial charge in [-0.1, -0.05) is 67.8 Å². The Morgan fingerprint density at radius 3 is 2.46 bits per heavy atom. The van der Waals surface area contributed by atoms with Crippen molar-refractivity contribution in [3.05, 3.63) is 66.4 Å². The van der Waals surface area contributed by atoms with E-state index in [1.165, 1.54) is 12.0 Å². The molecule has 0 saturated heterocycles. The zero-order valence-electron chi connectivity index (χ0n) is 16.4. The predicted molar refractivity (Wildman–Crippen MR) is 116 cm³/mol. The van der Waals surface area contributed by atoms with Crippen molar-refractivity contribution in [1.29, 1.82) is 0 Å². The predicted octanol–water partition coefficient (Wildman–Crippen LogP) is 5.41. The van der Waals surface area contributed by atoms with E-state index in [-0.39, 0.29) is 11.3 Å². The number of amides is 1. The number of nitrogens with zero attached hydrogens (tertiary/aromatic N) is 1. The number of anilines is 2. The molecule has 28 heavy (non-hydrogen) atoms. The number of para-hydroxylation sites is 1. The highest BCUT2D eigenvalue weighted by atomic mass is 16.2. The largest absolute Gasteiger partial charge is 0.386 e. The van der Waals surface area contributed by atoms with Gasteiger partial charge in [0.05, 0.1) is 28.5 Å². The lowest BCUT2D eigenvalue weighted by Gasteiger charge is -2.36. The fraction of sp³-hybridized carbons (Fsp3) is 0.333. The van der Waals surface area contributed by atoms with Crippen LogP contribution < -0.4 is 10.6 Å². The van der Waals surface area contributed by atoms with Crippen molar-refractivity contribution in [2.24, 2.45) is 5.41 Å². The number of nitrogens with one attached hydrogen (secondary N) is 2. The van der Waals surface area contributed by atoms with E-state index in [0.717, 1.165) is 54.4 Å². The minimum Gasteiger partial charge on any atom is -0.386 e. The Bertz CT molecular complexity index is 962. The highest BCUT2D eigenvalue weighted by Crippen LogP contribution is 2.41. The van der Waals surface area contributed by atoms with E-state index in [1.807, 2.05) is 37.4 Å². The molecule has 4 heteroatoms. The smallest absolute Gasteiger partial charge is 0.231 e. The molecule has 1 aromatic heterocycles. The van der Waals surface area contributed by atoms with Crippen LogP contribution in [0.3, 0.4) is 0 Å². The molecule has 4 nitrogen and oxygen atoms in total.